The third-order valence-electron chi connectivity index (χ3n) is 10.4. The van der Waals surface area contributed by atoms with Crippen LogP contribution in [0.2, 0.25) is 0 Å². The molecule has 2 aliphatic carbocycles. The van der Waals surface area contributed by atoms with Crippen molar-refractivity contribution in [3.8, 4) is 11.7 Å². The predicted octanol–water partition coefficient (Wildman–Crippen LogP) is 6.00. The molecule has 0 spiro atoms. The van der Waals surface area contributed by atoms with Crippen LogP contribution in [-0.2, 0) is 16.9 Å². The number of carbonyl (C=O) groups is 2. The number of alkyl carbamates (subject to hydrolysis) is 1. The van der Waals surface area contributed by atoms with E-state index in [2.05, 4.69) is 29.2 Å². The molecule has 1 aliphatic heterocycles. The maximum Gasteiger partial charge on any atom is 0.408 e. The average Bonchev–Trinajstić information content (AvgIpc) is 3.56. The molecule has 0 bridgehead atoms. The highest BCUT2D eigenvalue weighted by atomic mass is 32.1. The summed E-state index contributed by atoms with van der Waals surface area (Å²) in [6.45, 7) is 11.4. The van der Waals surface area contributed by atoms with Gasteiger partial charge in [-0.25, -0.2) is 19.4 Å². The number of fused-ring (bicyclic) bond motifs is 1. The largest absolute Gasteiger partial charge is 0.474 e. The third-order valence-corrected chi connectivity index (χ3v) is 10.9. The van der Waals surface area contributed by atoms with Crippen LogP contribution in [0.25, 0.3) is 5.82 Å². The van der Waals surface area contributed by atoms with Gasteiger partial charge in [-0.05, 0) is 62.6 Å². The van der Waals surface area contributed by atoms with Crippen molar-refractivity contribution in [3.63, 3.8) is 0 Å². The van der Waals surface area contributed by atoms with Gasteiger partial charge < -0.3 is 24.8 Å². The molecule has 1 saturated heterocycles. The monoisotopic (exact) mass is 684 g/mol. The Kier molecular flexibility index (Phi) is 8.72. The van der Waals surface area contributed by atoms with Gasteiger partial charge in [0.15, 0.2) is 5.82 Å². The molecule has 4 heterocycles. The number of rotatable bonds is 9. The Bertz CT molecular complexity index is 1810. The Morgan fingerprint density at radius 3 is 2.59 bits per heavy atom. The maximum absolute atomic E-state index is 13.5. The second kappa shape index (κ2) is 12.9. The number of amides is 2. The van der Waals surface area contributed by atoms with Crippen LogP contribution in [0.15, 0.2) is 59.6 Å². The maximum atomic E-state index is 13.5. The van der Waals surface area contributed by atoms with E-state index in [0.717, 1.165) is 29.7 Å². The van der Waals surface area contributed by atoms with Gasteiger partial charge in [-0.15, -0.1) is 11.3 Å². The molecule has 49 heavy (non-hydrogen) atoms. The smallest absolute Gasteiger partial charge is 0.408 e. The molecule has 4 aromatic rings. The zero-order valence-corrected chi connectivity index (χ0v) is 29.4. The van der Waals surface area contributed by atoms with E-state index in [-0.39, 0.29) is 41.8 Å². The second-order valence-corrected chi connectivity index (χ2v) is 15.8. The summed E-state index contributed by atoms with van der Waals surface area (Å²) in [4.78, 5) is 37.5. The minimum Gasteiger partial charge on any atom is -0.474 e. The van der Waals surface area contributed by atoms with Crippen LogP contribution < -0.4 is 10.1 Å². The van der Waals surface area contributed by atoms with Gasteiger partial charge in [0.25, 0.3) is 5.91 Å². The molecule has 3 aliphatic rings. The number of nitrogens with zero attached hydrogens (tertiary/aromatic N) is 5. The van der Waals surface area contributed by atoms with E-state index in [1.807, 2.05) is 73.5 Å². The summed E-state index contributed by atoms with van der Waals surface area (Å²) in [5.41, 5.74) is 4.73. The summed E-state index contributed by atoms with van der Waals surface area (Å²) < 4.78 is 13.8. The zero-order chi connectivity index (χ0) is 34.5. The van der Waals surface area contributed by atoms with Crippen LogP contribution in [0.1, 0.15) is 85.7 Å². The summed E-state index contributed by atoms with van der Waals surface area (Å²) >= 11 is 1.48. The van der Waals surface area contributed by atoms with E-state index in [0.29, 0.717) is 42.5 Å². The molecule has 5 atom stereocenters. The molecular weight excluding hydrogens is 641 g/mol. The van der Waals surface area contributed by atoms with Crippen molar-refractivity contribution in [2.24, 2.45) is 17.3 Å². The Labute approximate surface area is 290 Å². The van der Waals surface area contributed by atoms with Crippen LogP contribution in [0, 0.1) is 24.2 Å². The number of aryl methyl sites for hydroxylation is 1. The van der Waals surface area contributed by atoms with Gasteiger partial charge >= 0.3 is 6.09 Å². The van der Waals surface area contributed by atoms with E-state index in [9.17, 15) is 14.7 Å². The first kappa shape index (κ1) is 33.2. The van der Waals surface area contributed by atoms with E-state index < -0.39 is 17.7 Å². The number of aliphatic hydroxyl groups excluding tert-OH is 1. The predicted molar refractivity (Wildman–Crippen MR) is 185 cm³/mol. The minimum absolute atomic E-state index is 0.0338. The molecule has 7 rings (SSSR count). The molecule has 2 N–H and O–H groups in total. The minimum atomic E-state index is -0.814. The summed E-state index contributed by atoms with van der Waals surface area (Å²) in [5, 5.41) is 20.6. The number of benzene rings is 1. The molecule has 2 saturated carbocycles. The Morgan fingerprint density at radius 1 is 1.14 bits per heavy atom. The van der Waals surface area contributed by atoms with Crippen molar-refractivity contribution in [1.82, 2.24) is 30.0 Å². The van der Waals surface area contributed by atoms with Crippen LogP contribution >= 0.6 is 11.3 Å². The summed E-state index contributed by atoms with van der Waals surface area (Å²) in [5.74, 6) is 1.39. The lowest BCUT2D eigenvalue weighted by molar-refractivity contribution is 0.0444. The molecule has 3 fully saturated rings. The van der Waals surface area contributed by atoms with Gasteiger partial charge in [0.2, 0.25) is 5.88 Å². The zero-order valence-electron chi connectivity index (χ0n) is 28.6. The molecule has 11 nitrogen and oxygen atoms in total. The lowest BCUT2D eigenvalue weighted by atomic mass is 9.70. The van der Waals surface area contributed by atoms with Crippen molar-refractivity contribution in [2.75, 3.05) is 13.1 Å². The van der Waals surface area contributed by atoms with Gasteiger partial charge in [0.05, 0.1) is 34.1 Å². The van der Waals surface area contributed by atoms with Crippen LogP contribution in [0.5, 0.6) is 5.88 Å². The molecular formula is C37H44N6O5S. The average molecular weight is 685 g/mol. The first-order valence-corrected chi connectivity index (χ1v) is 17.9. The van der Waals surface area contributed by atoms with E-state index >= 15 is 0 Å². The fourth-order valence-electron chi connectivity index (χ4n) is 7.35. The van der Waals surface area contributed by atoms with E-state index in [4.69, 9.17) is 14.5 Å². The number of aromatic nitrogens is 4. The highest BCUT2D eigenvalue weighted by molar-refractivity contribution is 7.07. The third kappa shape index (κ3) is 7.07. The number of pyridine rings is 1. The highest BCUT2D eigenvalue weighted by Crippen LogP contribution is 2.49. The van der Waals surface area contributed by atoms with Gasteiger partial charge in [0, 0.05) is 48.5 Å². The van der Waals surface area contributed by atoms with E-state index in [1.165, 1.54) is 11.3 Å². The Hall–Kier alpha value is -4.29. The molecule has 12 heteroatoms. The molecule has 1 aromatic carbocycles. The van der Waals surface area contributed by atoms with E-state index in [1.54, 1.807) is 16.4 Å². The van der Waals surface area contributed by atoms with Crippen molar-refractivity contribution >= 4 is 23.3 Å². The quantitative estimate of drug-likeness (QED) is 0.220. The first-order valence-electron chi connectivity index (χ1n) is 17.0. The highest BCUT2D eigenvalue weighted by Gasteiger charge is 2.59. The van der Waals surface area contributed by atoms with Crippen LogP contribution in [-0.4, -0.2) is 67.1 Å². The number of piperidine rings is 1. The Morgan fingerprint density at radius 2 is 1.90 bits per heavy atom. The fraction of sp³-hybridized carbons (Fsp3) is 0.486. The number of likely N-dealkylation sites (tertiary alicyclic amines) is 1. The van der Waals surface area contributed by atoms with Gasteiger partial charge in [-0.1, -0.05) is 44.2 Å². The van der Waals surface area contributed by atoms with Crippen molar-refractivity contribution in [1.29, 1.82) is 0 Å². The van der Waals surface area contributed by atoms with Gasteiger partial charge in [-0.2, -0.15) is 5.10 Å². The molecule has 0 radical (unpaired) electrons. The molecule has 2 amide bonds. The number of hydrogen-bond acceptors (Lipinski definition) is 9. The summed E-state index contributed by atoms with van der Waals surface area (Å²) in [6, 6.07) is 13.4. The van der Waals surface area contributed by atoms with Crippen molar-refractivity contribution in [3.05, 3.63) is 87.6 Å². The number of aliphatic hydroxyl groups is 1. The number of carbonyl (C=O) groups excluding carboxylic acids is 2. The second-order valence-electron chi connectivity index (χ2n) is 15.1. The lowest BCUT2D eigenvalue weighted by Crippen LogP contribution is -2.41. The normalized spacial score (nSPS) is 24.3. The van der Waals surface area contributed by atoms with Crippen molar-refractivity contribution < 1.29 is 24.2 Å². The summed E-state index contributed by atoms with van der Waals surface area (Å²) in [6.07, 6.45) is 3.10. The number of hydrogen-bond donors (Lipinski definition) is 2. The van der Waals surface area contributed by atoms with Crippen LogP contribution in [0.4, 0.5) is 4.79 Å². The SMILES string of the molecule is Cc1nn(-c2cscn2)cc1C(=O)N1C[C@@H]2C(Oc3cc(C(C)(C)NC(=O)OCc4ccccc4)cc(C4CCC(C)(C)CC4O)n3)[C@@H]2C1. The number of thiazole rings is 1. The summed E-state index contributed by atoms with van der Waals surface area (Å²) in [7, 11) is 0. The topological polar surface area (TPSA) is 132 Å². The number of ether oxygens (including phenoxy) is 2. The number of nitrogens with one attached hydrogen (secondary N) is 1. The standard InChI is InChI=1S/C37H44N6O5S/c1-22-26(18-43(41-22)31-20-49-21-38-31)34(45)42-16-27-28(17-42)33(27)48-32-14-24(13-29(39-32)25-11-12-36(2,3)15-30(25)44)37(4,5)40-35(46)47-19-23-9-7-6-8-10-23/h6-10,13-14,18,20-21,25,27-28,30,33,44H,11-12,15-17,19H2,1-5H3,(H,40,46)/t25?,27-,28+,30?,33?. The van der Waals surface area contributed by atoms with Gasteiger partial charge in [-0.3, -0.25) is 4.79 Å². The Balaban J connectivity index is 1.05. The molecule has 258 valence electrons. The van der Waals surface area contributed by atoms with Crippen molar-refractivity contribution in [2.45, 2.75) is 84.2 Å². The lowest BCUT2D eigenvalue weighted by Gasteiger charge is -2.38. The van der Waals surface area contributed by atoms with Crippen LogP contribution in [0.3, 0.4) is 0 Å². The fourth-order valence-corrected chi connectivity index (χ4v) is 7.87. The van der Waals surface area contributed by atoms with Gasteiger partial charge in [0.1, 0.15) is 12.7 Å². The molecule has 3 aromatic heterocycles. The molecule has 3 unspecified atom stereocenters. The first-order chi connectivity index (χ1) is 23.4.